The number of benzene rings is 1. The Morgan fingerprint density at radius 3 is 2.60 bits per heavy atom. The van der Waals surface area contributed by atoms with Crippen LogP contribution in [-0.2, 0) is 4.74 Å². The molecule has 0 aliphatic carbocycles. The molecular formula is C14H12F2N2O2. The number of nitrogens with two attached hydrogens (primary N) is 1. The number of hydrogen-bond donors (Lipinski definition) is 1. The van der Waals surface area contributed by atoms with Gasteiger partial charge in [0.25, 0.3) is 0 Å². The minimum atomic E-state index is -0.793. The summed E-state index contributed by atoms with van der Waals surface area (Å²) in [4.78, 5) is 15.2. The number of carbonyl (C=O) groups is 1. The van der Waals surface area contributed by atoms with E-state index in [1.807, 2.05) is 0 Å². The zero-order valence-electron chi connectivity index (χ0n) is 10.9. The van der Waals surface area contributed by atoms with E-state index in [1.165, 1.54) is 19.2 Å². The normalized spacial score (nSPS) is 10.4. The van der Waals surface area contributed by atoms with Gasteiger partial charge in [-0.1, -0.05) is 0 Å². The van der Waals surface area contributed by atoms with E-state index in [1.54, 1.807) is 6.92 Å². The van der Waals surface area contributed by atoms with E-state index in [0.717, 1.165) is 12.3 Å². The molecular weight excluding hydrogens is 266 g/mol. The zero-order chi connectivity index (χ0) is 14.9. The molecule has 104 valence electrons. The van der Waals surface area contributed by atoms with E-state index in [0.29, 0.717) is 11.1 Å². The fraction of sp³-hybridized carbons (Fsp3) is 0.143. The minimum absolute atomic E-state index is 0.0213. The van der Waals surface area contributed by atoms with Crippen molar-refractivity contribution in [2.75, 3.05) is 12.8 Å². The van der Waals surface area contributed by atoms with Crippen molar-refractivity contribution < 1.29 is 18.3 Å². The lowest BCUT2D eigenvalue weighted by Gasteiger charge is -2.11. The summed E-state index contributed by atoms with van der Waals surface area (Å²) in [6, 6.07) is 3.65. The van der Waals surface area contributed by atoms with Crippen LogP contribution in [0.15, 0.2) is 24.4 Å². The predicted molar refractivity (Wildman–Crippen MR) is 70.1 cm³/mol. The van der Waals surface area contributed by atoms with Crippen molar-refractivity contribution in [1.29, 1.82) is 0 Å². The summed E-state index contributed by atoms with van der Waals surface area (Å²) in [6.45, 7) is 1.67. The Labute approximate surface area is 114 Å². The van der Waals surface area contributed by atoms with E-state index in [9.17, 15) is 13.6 Å². The topological polar surface area (TPSA) is 65.2 Å². The average molecular weight is 278 g/mol. The number of nitrogen functional groups attached to an aromatic ring is 1. The lowest BCUT2D eigenvalue weighted by atomic mass is 10.00. The number of aryl methyl sites for hydroxylation is 1. The number of esters is 1. The number of rotatable bonds is 2. The van der Waals surface area contributed by atoms with Crippen LogP contribution in [0.5, 0.6) is 0 Å². The summed E-state index contributed by atoms with van der Waals surface area (Å²) in [5.41, 5.74) is 7.05. The number of pyridine rings is 1. The quantitative estimate of drug-likeness (QED) is 0.677. The van der Waals surface area contributed by atoms with Crippen molar-refractivity contribution in [3.8, 4) is 11.3 Å². The first kappa shape index (κ1) is 13.9. The van der Waals surface area contributed by atoms with Gasteiger partial charge in [-0.05, 0) is 24.6 Å². The number of anilines is 1. The smallest absolute Gasteiger partial charge is 0.339 e. The number of halogens is 2. The third kappa shape index (κ3) is 2.45. The lowest BCUT2D eigenvalue weighted by molar-refractivity contribution is 0.0602. The number of hydrogen-bond acceptors (Lipinski definition) is 4. The maximum Gasteiger partial charge on any atom is 0.339 e. The highest BCUT2D eigenvalue weighted by atomic mass is 19.1. The molecule has 6 heteroatoms. The summed E-state index contributed by atoms with van der Waals surface area (Å²) in [5.74, 6) is -2.13. The lowest BCUT2D eigenvalue weighted by Crippen LogP contribution is -2.07. The summed E-state index contributed by atoms with van der Waals surface area (Å²) in [5, 5.41) is 0. The van der Waals surface area contributed by atoms with E-state index in [-0.39, 0.29) is 16.9 Å². The highest BCUT2D eigenvalue weighted by Gasteiger charge is 2.16. The number of aromatic nitrogens is 1. The summed E-state index contributed by atoms with van der Waals surface area (Å²) < 4.78 is 31.2. The van der Waals surface area contributed by atoms with Gasteiger partial charge >= 0.3 is 5.97 Å². The van der Waals surface area contributed by atoms with Gasteiger partial charge in [0.15, 0.2) is 5.82 Å². The van der Waals surface area contributed by atoms with Crippen LogP contribution >= 0.6 is 0 Å². The molecule has 0 radical (unpaired) electrons. The molecule has 0 atom stereocenters. The SMILES string of the molecule is COC(=O)c1cc(C)c(-c2ncc(F)cc2F)cc1N. The van der Waals surface area contributed by atoms with Crippen molar-refractivity contribution in [1.82, 2.24) is 4.98 Å². The van der Waals surface area contributed by atoms with Gasteiger partial charge in [-0.25, -0.2) is 13.6 Å². The van der Waals surface area contributed by atoms with Crippen molar-refractivity contribution in [3.05, 3.63) is 47.2 Å². The summed E-state index contributed by atoms with van der Waals surface area (Å²) >= 11 is 0. The Morgan fingerprint density at radius 2 is 2.00 bits per heavy atom. The Kier molecular flexibility index (Phi) is 3.65. The van der Waals surface area contributed by atoms with E-state index in [4.69, 9.17) is 5.73 Å². The fourth-order valence-corrected chi connectivity index (χ4v) is 1.88. The maximum atomic E-state index is 13.7. The maximum absolute atomic E-state index is 13.7. The van der Waals surface area contributed by atoms with Crippen molar-refractivity contribution in [3.63, 3.8) is 0 Å². The fourth-order valence-electron chi connectivity index (χ4n) is 1.88. The number of nitrogens with zero attached hydrogens (tertiary/aromatic N) is 1. The molecule has 0 bridgehead atoms. The first-order valence-corrected chi connectivity index (χ1v) is 5.74. The van der Waals surface area contributed by atoms with Gasteiger partial charge in [-0.3, -0.25) is 4.98 Å². The molecule has 0 aliphatic rings. The molecule has 1 heterocycles. The van der Waals surface area contributed by atoms with Crippen molar-refractivity contribution in [2.24, 2.45) is 0 Å². The van der Waals surface area contributed by atoms with E-state index in [2.05, 4.69) is 9.72 Å². The first-order chi connectivity index (χ1) is 9.43. The van der Waals surface area contributed by atoms with Crippen LogP contribution in [0.4, 0.5) is 14.5 Å². The minimum Gasteiger partial charge on any atom is -0.465 e. The largest absolute Gasteiger partial charge is 0.465 e. The highest BCUT2D eigenvalue weighted by Crippen LogP contribution is 2.29. The second-order valence-corrected chi connectivity index (χ2v) is 4.23. The Bertz CT molecular complexity index is 687. The summed E-state index contributed by atoms with van der Waals surface area (Å²) in [7, 11) is 1.24. The number of ether oxygens (including phenoxy) is 1. The second kappa shape index (κ2) is 5.24. The van der Waals surface area contributed by atoms with Gasteiger partial charge in [-0.15, -0.1) is 0 Å². The van der Waals surface area contributed by atoms with Crippen molar-refractivity contribution >= 4 is 11.7 Å². The molecule has 0 amide bonds. The predicted octanol–water partition coefficient (Wildman–Crippen LogP) is 2.70. The molecule has 20 heavy (non-hydrogen) atoms. The van der Waals surface area contributed by atoms with Crippen LogP contribution in [0, 0.1) is 18.6 Å². The van der Waals surface area contributed by atoms with Gasteiger partial charge < -0.3 is 10.5 Å². The van der Waals surface area contributed by atoms with Gasteiger partial charge in [-0.2, -0.15) is 0 Å². The van der Waals surface area contributed by atoms with Crippen LogP contribution in [0.1, 0.15) is 15.9 Å². The van der Waals surface area contributed by atoms with E-state index >= 15 is 0 Å². The number of methoxy groups -OCH3 is 1. The van der Waals surface area contributed by atoms with Crippen LogP contribution < -0.4 is 5.73 Å². The van der Waals surface area contributed by atoms with Crippen LogP contribution in [0.25, 0.3) is 11.3 Å². The van der Waals surface area contributed by atoms with Gasteiger partial charge in [0.1, 0.15) is 11.5 Å². The third-order valence-corrected chi connectivity index (χ3v) is 2.86. The molecule has 2 N–H and O–H groups in total. The molecule has 0 spiro atoms. The third-order valence-electron chi connectivity index (χ3n) is 2.86. The Hall–Kier alpha value is -2.50. The molecule has 2 aromatic rings. The molecule has 0 unspecified atom stereocenters. The number of carbonyl (C=O) groups excluding carboxylic acids is 1. The molecule has 1 aromatic carbocycles. The van der Waals surface area contributed by atoms with Crippen LogP contribution in [0.3, 0.4) is 0 Å². The first-order valence-electron chi connectivity index (χ1n) is 5.74. The highest BCUT2D eigenvalue weighted by molar-refractivity contribution is 5.96. The molecule has 0 saturated heterocycles. The molecule has 0 fully saturated rings. The zero-order valence-corrected chi connectivity index (χ0v) is 10.9. The summed E-state index contributed by atoms with van der Waals surface area (Å²) in [6.07, 6.45) is 0.919. The van der Waals surface area contributed by atoms with Gasteiger partial charge in [0.2, 0.25) is 0 Å². The van der Waals surface area contributed by atoms with Crippen molar-refractivity contribution in [2.45, 2.75) is 6.92 Å². The van der Waals surface area contributed by atoms with E-state index < -0.39 is 17.6 Å². The molecule has 4 nitrogen and oxygen atoms in total. The molecule has 1 aromatic heterocycles. The second-order valence-electron chi connectivity index (χ2n) is 4.23. The molecule has 0 aliphatic heterocycles. The molecule has 2 rings (SSSR count). The average Bonchev–Trinajstić information content (AvgIpc) is 2.40. The van der Waals surface area contributed by atoms with Gasteiger partial charge in [0, 0.05) is 17.3 Å². The monoisotopic (exact) mass is 278 g/mol. The Morgan fingerprint density at radius 1 is 1.30 bits per heavy atom. The standard InChI is InChI=1S/C14H12F2N2O2/c1-7-3-10(14(19)20-2)12(17)5-9(7)13-11(16)4-8(15)6-18-13/h3-6H,17H2,1-2H3. The Balaban J connectivity index is 2.59. The van der Waals surface area contributed by atoms with Crippen LogP contribution in [0.2, 0.25) is 0 Å². The van der Waals surface area contributed by atoms with Gasteiger partial charge in [0.05, 0.1) is 18.9 Å². The molecule has 0 saturated carbocycles. The van der Waals surface area contributed by atoms with Crippen LogP contribution in [-0.4, -0.2) is 18.1 Å².